The zero-order chi connectivity index (χ0) is 15.1. The summed E-state index contributed by atoms with van der Waals surface area (Å²) in [6.45, 7) is 0. The minimum absolute atomic E-state index is 0.0634. The van der Waals surface area contributed by atoms with E-state index < -0.39 is 11.9 Å². The Bertz CT molecular complexity index is 746. The monoisotopic (exact) mass is 306 g/mol. The summed E-state index contributed by atoms with van der Waals surface area (Å²) in [5.41, 5.74) is 0.937. The van der Waals surface area contributed by atoms with Crippen LogP contribution in [0.15, 0.2) is 12.1 Å². The normalized spacial score (nSPS) is 17.0. The molecule has 1 unspecified atom stereocenters. The summed E-state index contributed by atoms with van der Waals surface area (Å²) in [5.74, 6) is -0.209. The number of aliphatic carboxylic acids is 1. The Morgan fingerprint density at radius 3 is 2.62 bits per heavy atom. The van der Waals surface area contributed by atoms with Gasteiger partial charge in [0.05, 0.1) is 25.5 Å². The number of benzene rings is 1. The standard InChI is InChI=1S/C15H14O5S/c1-19-10-5-8-9-3-7(4-13(16)17)14(18)15(9)21-12(8)6-11(10)20-2/h5-7H,3-4H2,1-2H3,(H,16,17). The van der Waals surface area contributed by atoms with Crippen molar-refractivity contribution in [3.8, 4) is 11.5 Å². The van der Waals surface area contributed by atoms with E-state index in [2.05, 4.69) is 0 Å². The molecular formula is C15H14O5S. The van der Waals surface area contributed by atoms with Gasteiger partial charge in [0.2, 0.25) is 0 Å². The molecular weight excluding hydrogens is 292 g/mol. The molecule has 0 radical (unpaired) electrons. The van der Waals surface area contributed by atoms with E-state index in [1.165, 1.54) is 11.3 Å². The molecule has 0 amide bonds. The molecule has 1 heterocycles. The van der Waals surface area contributed by atoms with E-state index >= 15 is 0 Å². The van der Waals surface area contributed by atoms with Crippen molar-refractivity contribution in [2.24, 2.45) is 5.92 Å². The molecule has 0 fully saturated rings. The first kappa shape index (κ1) is 13.9. The van der Waals surface area contributed by atoms with Gasteiger partial charge in [-0.2, -0.15) is 0 Å². The summed E-state index contributed by atoms with van der Waals surface area (Å²) in [7, 11) is 3.13. The molecule has 5 nitrogen and oxygen atoms in total. The van der Waals surface area contributed by atoms with E-state index in [-0.39, 0.29) is 12.2 Å². The highest BCUT2D eigenvalue weighted by molar-refractivity contribution is 7.21. The number of carboxylic acid groups (broad SMARTS) is 1. The number of thiophene rings is 1. The van der Waals surface area contributed by atoms with E-state index in [0.29, 0.717) is 22.8 Å². The second-order valence-electron chi connectivity index (χ2n) is 4.98. The number of carbonyl (C=O) groups excluding carboxylic acids is 1. The summed E-state index contributed by atoms with van der Waals surface area (Å²) in [5, 5.41) is 9.84. The Morgan fingerprint density at radius 1 is 1.33 bits per heavy atom. The lowest BCUT2D eigenvalue weighted by molar-refractivity contribution is -0.137. The lowest BCUT2D eigenvalue weighted by Crippen LogP contribution is -2.13. The molecule has 0 spiro atoms. The molecule has 21 heavy (non-hydrogen) atoms. The van der Waals surface area contributed by atoms with Gasteiger partial charge in [-0.25, -0.2) is 0 Å². The molecule has 3 rings (SSSR count). The van der Waals surface area contributed by atoms with E-state index in [1.54, 1.807) is 14.2 Å². The van der Waals surface area contributed by atoms with Gasteiger partial charge in [-0.1, -0.05) is 0 Å². The Morgan fingerprint density at radius 2 is 2.00 bits per heavy atom. The molecule has 0 saturated carbocycles. The highest BCUT2D eigenvalue weighted by Crippen LogP contribution is 2.44. The first-order valence-corrected chi connectivity index (χ1v) is 7.30. The van der Waals surface area contributed by atoms with Crippen LogP contribution in [0.1, 0.15) is 21.7 Å². The molecule has 0 aliphatic heterocycles. The highest BCUT2D eigenvalue weighted by atomic mass is 32.1. The van der Waals surface area contributed by atoms with Crippen LogP contribution in [0.25, 0.3) is 10.1 Å². The van der Waals surface area contributed by atoms with Crippen molar-refractivity contribution < 1.29 is 24.2 Å². The molecule has 1 aromatic heterocycles. The highest BCUT2D eigenvalue weighted by Gasteiger charge is 2.35. The van der Waals surface area contributed by atoms with E-state index in [9.17, 15) is 9.59 Å². The van der Waals surface area contributed by atoms with Gasteiger partial charge < -0.3 is 14.6 Å². The maximum Gasteiger partial charge on any atom is 0.304 e. The van der Waals surface area contributed by atoms with Crippen molar-refractivity contribution in [1.82, 2.24) is 0 Å². The molecule has 1 aromatic carbocycles. The molecule has 1 aliphatic rings. The van der Waals surface area contributed by atoms with Crippen molar-refractivity contribution in [3.05, 3.63) is 22.6 Å². The fourth-order valence-electron chi connectivity index (χ4n) is 2.78. The van der Waals surface area contributed by atoms with Gasteiger partial charge in [0.1, 0.15) is 0 Å². The van der Waals surface area contributed by atoms with Crippen LogP contribution in [-0.2, 0) is 11.2 Å². The van der Waals surface area contributed by atoms with Crippen LogP contribution in [0.4, 0.5) is 0 Å². The molecule has 0 bridgehead atoms. The summed E-state index contributed by atoms with van der Waals surface area (Å²) < 4.78 is 11.5. The number of carbonyl (C=O) groups is 2. The van der Waals surface area contributed by atoms with Crippen LogP contribution in [0.2, 0.25) is 0 Å². The second kappa shape index (κ2) is 5.04. The Hall–Kier alpha value is -2.08. The lowest BCUT2D eigenvalue weighted by Gasteiger charge is -2.08. The largest absolute Gasteiger partial charge is 0.493 e. The van der Waals surface area contributed by atoms with Crippen molar-refractivity contribution in [2.45, 2.75) is 12.8 Å². The van der Waals surface area contributed by atoms with Gasteiger partial charge in [-0.3, -0.25) is 9.59 Å². The first-order valence-electron chi connectivity index (χ1n) is 6.48. The van der Waals surface area contributed by atoms with Crippen LogP contribution < -0.4 is 9.47 Å². The zero-order valence-corrected chi connectivity index (χ0v) is 12.5. The molecule has 1 N–H and O–H groups in total. The van der Waals surface area contributed by atoms with Gasteiger partial charge in [0.15, 0.2) is 17.3 Å². The Labute approximate surface area is 125 Å². The molecule has 0 saturated heterocycles. The van der Waals surface area contributed by atoms with Crippen LogP contribution in [0, 0.1) is 5.92 Å². The summed E-state index contributed by atoms with van der Waals surface area (Å²) in [6, 6.07) is 3.72. The number of hydrogen-bond donors (Lipinski definition) is 1. The van der Waals surface area contributed by atoms with Gasteiger partial charge in [-0.15, -0.1) is 11.3 Å². The van der Waals surface area contributed by atoms with E-state index in [0.717, 1.165) is 15.6 Å². The number of Topliss-reactive ketones (excluding diaryl/α,β-unsaturated/α-hetero) is 1. The predicted octanol–water partition coefficient (Wildman–Crippen LogP) is 2.75. The molecule has 6 heteroatoms. The minimum atomic E-state index is -0.938. The molecule has 1 aliphatic carbocycles. The second-order valence-corrected chi connectivity index (χ2v) is 6.03. The Balaban J connectivity index is 2.09. The summed E-state index contributed by atoms with van der Waals surface area (Å²) >= 11 is 1.40. The van der Waals surface area contributed by atoms with Crippen molar-refractivity contribution >= 4 is 33.2 Å². The fraction of sp³-hybridized carbons (Fsp3) is 0.333. The summed E-state index contributed by atoms with van der Waals surface area (Å²) in [6.07, 6.45) is 0.366. The maximum atomic E-state index is 12.3. The van der Waals surface area contributed by atoms with Crippen molar-refractivity contribution in [1.29, 1.82) is 0 Å². The quantitative estimate of drug-likeness (QED) is 0.940. The van der Waals surface area contributed by atoms with Crippen LogP contribution in [0.3, 0.4) is 0 Å². The summed E-state index contributed by atoms with van der Waals surface area (Å²) in [4.78, 5) is 23.8. The van der Waals surface area contributed by atoms with Crippen molar-refractivity contribution in [3.63, 3.8) is 0 Å². The number of ether oxygens (including phenoxy) is 2. The SMILES string of the molecule is COc1cc2sc3c(c2cc1OC)CC(CC(=O)O)C3=O. The molecule has 1 atom stereocenters. The third-order valence-corrected chi connectivity index (χ3v) is 4.97. The van der Waals surface area contributed by atoms with Gasteiger partial charge in [-0.05, 0) is 18.1 Å². The third kappa shape index (κ3) is 2.15. The van der Waals surface area contributed by atoms with Crippen molar-refractivity contribution in [2.75, 3.05) is 14.2 Å². The van der Waals surface area contributed by atoms with Gasteiger partial charge in [0, 0.05) is 22.1 Å². The van der Waals surface area contributed by atoms with Gasteiger partial charge >= 0.3 is 5.97 Å². The smallest absolute Gasteiger partial charge is 0.304 e. The van der Waals surface area contributed by atoms with Gasteiger partial charge in [0.25, 0.3) is 0 Å². The number of rotatable bonds is 4. The molecule has 110 valence electrons. The number of hydrogen-bond acceptors (Lipinski definition) is 5. The average Bonchev–Trinajstić information content (AvgIpc) is 2.94. The number of methoxy groups -OCH3 is 2. The fourth-order valence-corrected chi connectivity index (χ4v) is 4.04. The average molecular weight is 306 g/mol. The number of fused-ring (bicyclic) bond motifs is 3. The zero-order valence-electron chi connectivity index (χ0n) is 11.6. The minimum Gasteiger partial charge on any atom is -0.493 e. The van der Waals surface area contributed by atoms with E-state index in [4.69, 9.17) is 14.6 Å². The molecule has 2 aromatic rings. The van der Waals surface area contributed by atoms with Crippen LogP contribution >= 0.6 is 11.3 Å². The topological polar surface area (TPSA) is 72.8 Å². The first-order chi connectivity index (χ1) is 10.0. The number of ketones is 1. The van der Waals surface area contributed by atoms with E-state index in [1.807, 2.05) is 12.1 Å². The number of carboxylic acids is 1. The predicted molar refractivity (Wildman–Crippen MR) is 78.7 cm³/mol. The third-order valence-electron chi connectivity index (χ3n) is 3.76. The van der Waals surface area contributed by atoms with Crippen LogP contribution in [0.5, 0.6) is 11.5 Å². The lowest BCUT2D eigenvalue weighted by atomic mass is 10.0. The van der Waals surface area contributed by atoms with Crippen LogP contribution in [-0.4, -0.2) is 31.1 Å². The maximum absolute atomic E-state index is 12.3. The Kier molecular flexibility index (Phi) is 3.33.